The number of aromatic nitrogens is 4. The van der Waals surface area contributed by atoms with Crippen LogP contribution in [-0.2, 0) is 71.4 Å². The largest absolute Gasteiger partial charge is 0.394 e. The Labute approximate surface area is 326 Å². The van der Waals surface area contributed by atoms with E-state index in [4.69, 9.17) is 20.2 Å². The van der Waals surface area contributed by atoms with Crippen molar-refractivity contribution in [2.45, 2.75) is 113 Å². The molecule has 4 aliphatic carbocycles. The van der Waals surface area contributed by atoms with Crippen molar-refractivity contribution >= 4 is 31.8 Å². The first kappa shape index (κ1) is 40.9. The summed E-state index contributed by atoms with van der Waals surface area (Å²) in [5.74, 6) is 0.903. The van der Waals surface area contributed by atoms with Gasteiger partial charge in [0.1, 0.15) is 5.75 Å². The second-order valence-corrected chi connectivity index (χ2v) is 17.7. The number of benzene rings is 2. The number of nitrogens with two attached hydrogens (primary N) is 1. The van der Waals surface area contributed by atoms with Crippen LogP contribution in [0.25, 0.3) is 0 Å². The van der Waals surface area contributed by atoms with Crippen LogP contribution in [0, 0.1) is 11.5 Å². The van der Waals surface area contributed by atoms with Crippen LogP contribution in [-0.4, -0.2) is 65.9 Å². The summed E-state index contributed by atoms with van der Waals surface area (Å²) >= 11 is 0. The van der Waals surface area contributed by atoms with Gasteiger partial charge in [0.05, 0.1) is 25.3 Å². The van der Waals surface area contributed by atoms with Crippen molar-refractivity contribution in [2.24, 2.45) is 5.14 Å². The molecule has 0 radical (unpaired) electrons. The number of rotatable bonds is 9. The molecule has 4 aromatic rings. The molecule has 16 nitrogen and oxygen atoms in total. The summed E-state index contributed by atoms with van der Waals surface area (Å²) in [5, 5.41) is 41.5. The lowest BCUT2D eigenvalue weighted by Gasteiger charge is -2.16. The summed E-state index contributed by atoms with van der Waals surface area (Å²) in [6.07, 6.45) is 17.5. The van der Waals surface area contributed by atoms with Crippen molar-refractivity contribution in [1.29, 1.82) is 5.26 Å². The third kappa shape index (κ3) is 8.92. The van der Waals surface area contributed by atoms with Crippen molar-refractivity contribution in [3.05, 3.63) is 81.2 Å². The molecule has 0 aliphatic heterocycles. The first-order valence-corrected chi connectivity index (χ1v) is 21.8. The number of anilines is 1. The molecule has 2 aromatic heterocycles. The van der Waals surface area contributed by atoms with Crippen molar-refractivity contribution in [2.75, 3.05) is 18.5 Å². The molecule has 2 atom stereocenters. The Bertz CT molecular complexity index is 2300. The fourth-order valence-electron chi connectivity index (χ4n) is 7.81. The summed E-state index contributed by atoms with van der Waals surface area (Å²) in [6, 6.07) is 5.80. The van der Waals surface area contributed by atoms with Gasteiger partial charge in [-0.2, -0.15) is 18.6 Å². The Balaban J connectivity index is 0.000000159. The number of aliphatic hydroxyl groups excluding tert-OH is 2. The van der Waals surface area contributed by atoms with Gasteiger partial charge >= 0.3 is 6.03 Å². The molecule has 56 heavy (non-hydrogen) atoms. The average Bonchev–Trinajstić information content (AvgIpc) is 4.01. The molecular weight excluding hydrogens is 761 g/mol. The summed E-state index contributed by atoms with van der Waals surface area (Å²) in [5.41, 5.74) is 11.0. The van der Waals surface area contributed by atoms with E-state index in [-0.39, 0.29) is 35.3 Å². The molecule has 2 aromatic carbocycles. The van der Waals surface area contributed by atoms with Gasteiger partial charge < -0.3 is 20.3 Å². The van der Waals surface area contributed by atoms with E-state index in [0.29, 0.717) is 0 Å². The lowest BCUT2D eigenvalue weighted by atomic mass is 9.99. The minimum absolute atomic E-state index is 0.105. The van der Waals surface area contributed by atoms with Crippen LogP contribution in [0.3, 0.4) is 0 Å². The monoisotopic (exact) mass is 808 g/mol. The second kappa shape index (κ2) is 17.1. The number of aryl methyl sites for hydroxylation is 4. The highest BCUT2D eigenvalue weighted by molar-refractivity contribution is 7.90. The number of aliphatic hydroxyl groups is 2. The van der Waals surface area contributed by atoms with Crippen LogP contribution in [0.4, 0.5) is 10.5 Å². The van der Waals surface area contributed by atoms with E-state index < -0.39 is 26.1 Å². The molecule has 2 amide bonds. The first-order valence-electron chi connectivity index (χ1n) is 18.8. The van der Waals surface area contributed by atoms with Crippen LogP contribution in [0.15, 0.2) is 46.7 Å². The number of nitrogens with one attached hydrogen (secondary N) is 2. The molecule has 4 aliphatic rings. The minimum atomic E-state index is -4.10. The number of carbonyl (C=O) groups is 1. The minimum Gasteiger partial charge on any atom is -0.394 e. The number of nitrogens with zero attached hydrogens (tertiary/aromatic N) is 5. The number of hydrogen-bond acceptors (Lipinski definition) is 11. The standard InChI is InChI=1S/C19H24N4O4S.C13H13NO.C6H11N3O3S/c1-12(11-24)23-9-8-17(21-23)28(26,27)22-19(25)20-18-15-6-2-4-13(15)10-14-5-3-7-16(14)18;14-8-15-13-11-5-1-3-9(11)7-10-4-2-6-12(10)13;1-5(4-10)9-3-2-6(8-9)13(7,11)12/h8-10,12,24H,2-7,11H2,1H3,(H2,20,22,25);7H,1-6H2;2-3,5,10H,4H2,1H3,(H2,7,11,12)/t12-;;5-/m0.0/s1. The highest BCUT2D eigenvalue weighted by Gasteiger charge is 2.28. The highest BCUT2D eigenvalue weighted by atomic mass is 32.2. The Morgan fingerprint density at radius 1 is 0.786 bits per heavy atom. The lowest BCUT2D eigenvalue weighted by Crippen LogP contribution is -2.35. The van der Waals surface area contributed by atoms with Gasteiger partial charge in [-0.15, -0.1) is 5.26 Å². The molecule has 18 heteroatoms. The fourth-order valence-corrected chi connectivity index (χ4v) is 9.11. The molecule has 0 saturated heterocycles. The number of fused-ring (bicyclic) bond motifs is 4. The van der Waals surface area contributed by atoms with E-state index >= 15 is 0 Å². The zero-order valence-electron chi connectivity index (χ0n) is 31.5. The van der Waals surface area contributed by atoms with E-state index in [1.807, 2.05) is 6.26 Å². The number of sulfonamides is 2. The maximum absolute atomic E-state index is 12.5. The van der Waals surface area contributed by atoms with E-state index in [0.717, 1.165) is 86.8 Å². The summed E-state index contributed by atoms with van der Waals surface area (Å²) in [7, 11) is -7.84. The molecule has 2 heterocycles. The highest BCUT2D eigenvalue weighted by Crippen LogP contribution is 2.40. The summed E-state index contributed by atoms with van der Waals surface area (Å²) in [6.45, 7) is 3.14. The number of urea groups is 1. The van der Waals surface area contributed by atoms with E-state index in [2.05, 4.69) is 32.4 Å². The number of amides is 2. The van der Waals surface area contributed by atoms with Crippen LogP contribution < -0.4 is 19.9 Å². The zero-order chi connectivity index (χ0) is 40.2. The molecule has 8 rings (SSSR count). The molecule has 0 bridgehead atoms. The van der Waals surface area contributed by atoms with E-state index in [1.54, 1.807) is 13.8 Å². The van der Waals surface area contributed by atoms with Crippen molar-refractivity contribution in [1.82, 2.24) is 24.3 Å². The van der Waals surface area contributed by atoms with Gasteiger partial charge in [-0.05, 0) is 148 Å². The van der Waals surface area contributed by atoms with Gasteiger partial charge in [0.15, 0.2) is 10.1 Å². The van der Waals surface area contributed by atoms with Crippen LogP contribution in [0.5, 0.6) is 5.75 Å². The van der Waals surface area contributed by atoms with Gasteiger partial charge in [-0.3, -0.25) is 9.36 Å². The molecule has 0 spiro atoms. The zero-order valence-corrected chi connectivity index (χ0v) is 33.1. The van der Waals surface area contributed by atoms with Gasteiger partial charge in [0.2, 0.25) is 0 Å². The predicted octanol–water partition coefficient (Wildman–Crippen LogP) is 3.53. The number of ether oxygens (including phenoxy) is 1. The normalized spacial score (nSPS) is 16.1. The summed E-state index contributed by atoms with van der Waals surface area (Å²) < 4.78 is 56.6. The van der Waals surface area contributed by atoms with E-state index in [9.17, 15) is 26.7 Å². The molecule has 300 valence electrons. The average molecular weight is 809 g/mol. The lowest BCUT2D eigenvalue weighted by molar-refractivity contribution is 0.228. The van der Waals surface area contributed by atoms with Crippen molar-refractivity contribution in [3.63, 3.8) is 0 Å². The maximum Gasteiger partial charge on any atom is 0.333 e. The number of carbonyl (C=O) groups excluding carboxylic acids is 1. The van der Waals surface area contributed by atoms with Gasteiger partial charge in [-0.25, -0.2) is 23.1 Å². The van der Waals surface area contributed by atoms with Gasteiger partial charge in [0, 0.05) is 18.1 Å². The molecule has 0 unspecified atom stereocenters. The van der Waals surface area contributed by atoms with Gasteiger partial charge in [-0.1, -0.05) is 12.1 Å². The van der Waals surface area contributed by atoms with Crippen molar-refractivity contribution < 1.29 is 36.6 Å². The third-order valence-electron chi connectivity index (χ3n) is 10.7. The molecule has 0 saturated carbocycles. The topological polar surface area (TPSA) is 245 Å². The summed E-state index contributed by atoms with van der Waals surface area (Å²) in [4.78, 5) is 12.5. The SMILES string of the molecule is C[C@@H](CO)n1ccc(S(=O)(=O)NC(=O)Nc2c3c(cc4c2CCC4)CCC3)n1.C[C@@H](CO)n1ccc(S(N)(=O)=O)n1.N#COc1c2c(cc3c1CCC3)CCC2. The third-order valence-corrected chi connectivity index (χ3v) is 12.7. The van der Waals surface area contributed by atoms with Crippen LogP contribution >= 0.6 is 0 Å². The van der Waals surface area contributed by atoms with Crippen molar-refractivity contribution in [3.8, 4) is 12.0 Å². The number of hydrogen-bond donors (Lipinski definition) is 5. The molecule has 6 N–H and O–H groups in total. The number of nitriles is 1. The van der Waals surface area contributed by atoms with Gasteiger partial charge in [0.25, 0.3) is 26.3 Å². The smallest absolute Gasteiger partial charge is 0.333 e. The maximum atomic E-state index is 12.5. The Kier molecular flexibility index (Phi) is 12.5. The Hall–Kier alpha value is -4.80. The Morgan fingerprint density at radius 2 is 1.21 bits per heavy atom. The first-order chi connectivity index (χ1) is 26.7. The fraction of sp³-hybridized carbons (Fsp3) is 0.474. The number of primary sulfonamides is 1. The predicted molar refractivity (Wildman–Crippen MR) is 206 cm³/mol. The van der Waals surface area contributed by atoms with E-state index in [1.165, 1.54) is 80.1 Å². The Morgan fingerprint density at radius 3 is 1.64 bits per heavy atom. The quantitative estimate of drug-likeness (QED) is 0.153. The van der Waals surface area contributed by atoms with Crippen LogP contribution in [0.2, 0.25) is 0 Å². The molecule has 0 fully saturated rings. The molecular formula is C38H48N8O8S2. The second-order valence-electron chi connectivity index (χ2n) is 14.6. The van der Waals surface area contributed by atoms with Crippen LogP contribution in [0.1, 0.15) is 96.1 Å².